The van der Waals surface area contributed by atoms with Gasteiger partial charge in [0.25, 0.3) is 0 Å². The van der Waals surface area contributed by atoms with Gasteiger partial charge in [0.15, 0.2) is 8.32 Å². The van der Waals surface area contributed by atoms with Crippen molar-refractivity contribution < 1.29 is 29.6 Å². The van der Waals surface area contributed by atoms with Gasteiger partial charge in [-0.3, -0.25) is 4.57 Å². The molecule has 3 heterocycles. The van der Waals surface area contributed by atoms with Crippen LogP contribution in [0.5, 0.6) is 11.8 Å². The highest BCUT2D eigenvalue weighted by atomic mass is 28.4. The molecule has 0 saturated carbocycles. The molecule has 4 atom stereocenters. The number of ether oxygens (including phenoxy) is 1. The summed E-state index contributed by atoms with van der Waals surface area (Å²) in [5, 5.41) is 56.2. The van der Waals surface area contributed by atoms with Gasteiger partial charge < -0.3 is 29.6 Å². The molecule has 8 nitrogen and oxygen atoms in total. The molecule has 2 aliphatic heterocycles. The number of nitriles is 1. The first-order valence-corrected chi connectivity index (χ1v) is 15.4. The minimum atomic E-state index is -2.11. The number of aromatic nitrogens is 1. The molecule has 1 saturated heterocycles. The third-order valence-electron chi connectivity index (χ3n) is 8.78. The highest BCUT2D eigenvalue weighted by Gasteiger charge is 2.71. The summed E-state index contributed by atoms with van der Waals surface area (Å²) in [5.74, 6) is -0.549. The van der Waals surface area contributed by atoms with Crippen molar-refractivity contribution in [3.63, 3.8) is 0 Å². The molecule has 0 radical (unpaired) electrons. The van der Waals surface area contributed by atoms with Crippen molar-refractivity contribution in [1.82, 2.24) is 4.57 Å². The van der Waals surface area contributed by atoms with Gasteiger partial charge >= 0.3 is 0 Å². The van der Waals surface area contributed by atoms with Gasteiger partial charge in [-0.1, -0.05) is 45.0 Å². The number of hydrogen-bond acceptors (Lipinski definition) is 7. The van der Waals surface area contributed by atoms with E-state index < -0.39 is 31.7 Å². The van der Waals surface area contributed by atoms with Crippen LogP contribution >= 0.6 is 0 Å². The predicted octanol–water partition coefficient (Wildman–Crippen LogP) is 4.50. The Labute approximate surface area is 217 Å². The van der Waals surface area contributed by atoms with Crippen LogP contribution in [0.3, 0.4) is 0 Å². The average molecular weight is 523 g/mol. The van der Waals surface area contributed by atoms with Gasteiger partial charge in [0.2, 0.25) is 11.8 Å². The number of aromatic hydroxyl groups is 2. The number of benzene rings is 2. The Balaban J connectivity index is 1.66. The minimum Gasteiger partial charge on any atom is -0.494 e. The summed E-state index contributed by atoms with van der Waals surface area (Å²) in [6, 6.07) is 12.8. The molecule has 0 amide bonds. The van der Waals surface area contributed by atoms with Crippen molar-refractivity contribution in [3.05, 3.63) is 53.1 Å². The van der Waals surface area contributed by atoms with Crippen molar-refractivity contribution in [3.8, 4) is 23.5 Å². The third kappa shape index (κ3) is 3.33. The average Bonchev–Trinajstić information content (AvgIpc) is 3.34. The van der Waals surface area contributed by atoms with Crippen molar-refractivity contribution >= 4 is 19.1 Å². The van der Waals surface area contributed by atoms with E-state index in [0.29, 0.717) is 22.0 Å². The van der Waals surface area contributed by atoms with Crippen LogP contribution in [-0.2, 0) is 20.4 Å². The maximum atomic E-state index is 11.6. The van der Waals surface area contributed by atoms with Gasteiger partial charge in [-0.15, -0.1) is 0 Å². The normalized spacial score (nSPS) is 27.0. The molecule has 5 rings (SSSR count). The van der Waals surface area contributed by atoms with Crippen molar-refractivity contribution in [2.24, 2.45) is 0 Å². The molecule has 2 aromatic carbocycles. The summed E-state index contributed by atoms with van der Waals surface area (Å²) in [5.41, 5.74) is -1.43. The van der Waals surface area contributed by atoms with Gasteiger partial charge in [-0.05, 0) is 37.2 Å². The quantitative estimate of drug-likeness (QED) is 0.363. The lowest BCUT2D eigenvalue weighted by molar-refractivity contribution is -0.118. The molecule has 0 aliphatic carbocycles. The lowest BCUT2D eigenvalue weighted by Crippen LogP contribution is -2.47. The van der Waals surface area contributed by atoms with Gasteiger partial charge in [0, 0.05) is 23.8 Å². The Morgan fingerprint density at radius 2 is 1.65 bits per heavy atom. The summed E-state index contributed by atoms with van der Waals surface area (Å²) in [6.07, 6.45) is -2.45. The SMILES string of the molecule is CC(C)(C)[Si](C)(C)OCC[C@@]12O[C@@](C)(c3c1c(O)n(-c1ccc(C#N)c4ccccc14)c3O)[C@H](O)[C@@H]2O. The number of hydrogen-bond donors (Lipinski definition) is 4. The van der Waals surface area contributed by atoms with Gasteiger partial charge in [-0.25, -0.2) is 0 Å². The molecule has 1 fully saturated rings. The van der Waals surface area contributed by atoms with Crippen molar-refractivity contribution in [1.29, 1.82) is 5.26 Å². The van der Waals surface area contributed by atoms with Crippen LogP contribution in [0.1, 0.15) is 50.8 Å². The monoisotopic (exact) mass is 522 g/mol. The Morgan fingerprint density at radius 1 is 1.03 bits per heavy atom. The zero-order chi connectivity index (χ0) is 27.1. The molecular formula is C28H34N2O6Si. The van der Waals surface area contributed by atoms with E-state index in [-0.39, 0.29) is 41.0 Å². The van der Waals surface area contributed by atoms with E-state index in [1.165, 1.54) is 4.57 Å². The summed E-state index contributed by atoms with van der Waals surface area (Å²) < 4.78 is 14.0. The Bertz CT molecular complexity index is 1450. The molecule has 4 N–H and O–H groups in total. The second-order valence-corrected chi connectivity index (χ2v) is 16.7. The summed E-state index contributed by atoms with van der Waals surface area (Å²) in [7, 11) is -2.11. The predicted molar refractivity (Wildman–Crippen MR) is 141 cm³/mol. The fraction of sp³-hybridized carbons (Fsp3) is 0.464. The number of rotatable bonds is 5. The topological polar surface area (TPSA) is 128 Å². The van der Waals surface area contributed by atoms with E-state index in [4.69, 9.17) is 9.16 Å². The van der Waals surface area contributed by atoms with Crippen molar-refractivity contribution in [2.45, 2.75) is 75.7 Å². The van der Waals surface area contributed by atoms with E-state index in [2.05, 4.69) is 39.9 Å². The molecule has 1 aromatic heterocycles. The van der Waals surface area contributed by atoms with Crippen LogP contribution < -0.4 is 0 Å². The molecule has 2 bridgehead atoms. The first-order valence-electron chi connectivity index (χ1n) is 12.5. The smallest absolute Gasteiger partial charge is 0.205 e. The lowest BCUT2D eigenvalue weighted by Gasteiger charge is -2.38. The lowest BCUT2D eigenvalue weighted by atomic mass is 9.74. The minimum absolute atomic E-state index is 0.0188. The van der Waals surface area contributed by atoms with Crippen LogP contribution in [0.4, 0.5) is 0 Å². The van der Waals surface area contributed by atoms with Crippen LogP contribution in [0, 0.1) is 11.3 Å². The first kappa shape index (κ1) is 25.8. The molecule has 9 heteroatoms. The highest BCUT2D eigenvalue weighted by molar-refractivity contribution is 6.74. The zero-order valence-corrected chi connectivity index (χ0v) is 23.0. The molecule has 3 aromatic rings. The number of aliphatic hydroxyl groups excluding tert-OH is 2. The standard InChI is InChI=1S/C28H34N2O6Si/c1-26(2,3)37(5,6)35-14-13-28-21-20(27(4,36-28)22(31)23(28)32)24(33)30(25(21)34)19-12-11-16(15-29)17-9-7-8-10-18(17)19/h7-12,22-23,31-34H,13-14H2,1-6H3/t22-,23+,27+,28-/m1/s1. The zero-order valence-electron chi connectivity index (χ0n) is 22.0. The van der Waals surface area contributed by atoms with Crippen LogP contribution in [0.15, 0.2) is 36.4 Å². The number of aliphatic hydroxyl groups is 2. The second kappa shape index (κ2) is 8.06. The van der Waals surface area contributed by atoms with Gasteiger partial charge in [0.05, 0.1) is 28.4 Å². The van der Waals surface area contributed by atoms with E-state index in [0.717, 1.165) is 0 Å². The molecule has 37 heavy (non-hydrogen) atoms. The highest BCUT2D eigenvalue weighted by Crippen LogP contribution is 2.65. The fourth-order valence-electron chi connectivity index (χ4n) is 5.67. The van der Waals surface area contributed by atoms with Crippen LogP contribution in [0.2, 0.25) is 18.1 Å². The number of nitrogens with zero attached hydrogens (tertiary/aromatic N) is 2. The summed E-state index contributed by atoms with van der Waals surface area (Å²) in [4.78, 5) is 0. The molecule has 2 aliphatic rings. The fourth-order valence-corrected chi connectivity index (χ4v) is 6.72. The third-order valence-corrected chi connectivity index (χ3v) is 13.3. The summed E-state index contributed by atoms with van der Waals surface area (Å²) in [6.45, 7) is 12.5. The van der Waals surface area contributed by atoms with E-state index >= 15 is 0 Å². The van der Waals surface area contributed by atoms with Crippen LogP contribution in [-0.4, -0.2) is 52.1 Å². The van der Waals surface area contributed by atoms with Gasteiger partial charge in [-0.2, -0.15) is 5.26 Å². The van der Waals surface area contributed by atoms with Crippen LogP contribution in [0.25, 0.3) is 16.5 Å². The second-order valence-electron chi connectivity index (χ2n) is 11.9. The largest absolute Gasteiger partial charge is 0.494 e. The molecule has 0 spiro atoms. The maximum absolute atomic E-state index is 11.6. The van der Waals surface area contributed by atoms with E-state index in [1.807, 2.05) is 24.3 Å². The molecule has 196 valence electrons. The molecular weight excluding hydrogens is 488 g/mol. The Hall–Kier alpha value is -2.87. The van der Waals surface area contributed by atoms with Crippen molar-refractivity contribution in [2.75, 3.05) is 6.61 Å². The Morgan fingerprint density at radius 3 is 2.27 bits per heavy atom. The number of fused-ring (bicyclic) bond motifs is 6. The van der Waals surface area contributed by atoms with Gasteiger partial charge in [0.1, 0.15) is 23.4 Å². The molecule has 0 unspecified atom stereocenters. The maximum Gasteiger partial charge on any atom is 0.205 e. The Kier molecular flexibility index (Phi) is 5.61. The van der Waals surface area contributed by atoms with E-state index in [1.54, 1.807) is 19.1 Å². The van der Waals surface area contributed by atoms with E-state index in [9.17, 15) is 25.7 Å². The first-order chi connectivity index (χ1) is 17.2. The summed E-state index contributed by atoms with van der Waals surface area (Å²) >= 11 is 0.